The van der Waals surface area contributed by atoms with Crippen LogP contribution in [0.1, 0.15) is 23.1 Å². The molecular formula is C52H32S. The molecule has 1 aromatic heterocycles. The Bertz CT molecular complexity index is 3170. The van der Waals surface area contributed by atoms with E-state index in [0.29, 0.717) is 0 Å². The van der Waals surface area contributed by atoms with Gasteiger partial charge in [-0.05, 0) is 118 Å². The van der Waals surface area contributed by atoms with Crippen molar-refractivity contribution in [2.24, 2.45) is 0 Å². The highest BCUT2D eigenvalue weighted by Crippen LogP contribution is 2.47. The lowest BCUT2D eigenvalue weighted by atomic mass is 9.80. The van der Waals surface area contributed by atoms with Crippen LogP contribution in [0.15, 0.2) is 164 Å². The summed E-state index contributed by atoms with van der Waals surface area (Å²) in [6, 6.07) is 57.2. The minimum absolute atomic E-state index is 1.02. The minimum Gasteiger partial charge on any atom is -0.135 e. The minimum atomic E-state index is 1.02. The Morgan fingerprint density at radius 3 is 1.87 bits per heavy atom. The van der Waals surface area contributed by atoms with Crippen molar-refractivity contribution in [2.45, 2.75) is 12.8 Å². The number of rotatable bonds is 4. The van der Waals surface area contributed by atoms with Crippen molar-refractivity contribution in [3.63, 3.8) is 0 Å². The molecular weight excluding hydrogens is 657 g/mol. The summed E-state index contributed by atoms with van der Waals surface area (Å²) in [4.78, 5) is 1.32. The fraction of sp³-hybridized carbons (Fsp3) is 0.0385. The number of thiophene rings is 1. The summed E-state index contributed by atoms with van der Waals surface area (Å²) in [7, 11) is 0. The van der Waals surface area contributed by atoms with Gasteiger partial charge in [0.05, 0.1) is 0 Å². The molecule has 9 aromatic carbocycles. The van der Waals surface area contributed by atoms with Crippen LogP contribution in [0, 0.1) is 0 Å². The number of hydrogen-bond acceptors (Lipinski definition) is 1. The van der Waals surface area contributed by atoms with Gasteiger partial charge in [0, 0.05) is 20.5 Å². The van der Waals surface area contributed by atoms with Crippen molar-refractivity contribution >= 4 is 76.2 Å². The summed E-state index contributed by atoms with van der Waals surface area (Å²) in [6.07, 6.45) is 9.08. The molecule has 0 N–H and O–H groups in total. The molecule has 1 heteroatoms. The molecule has 0 spiro atoms. The highest BCUT2D eigenvalue weighted by molar-refractivity contribution is 7.23. The molecule has 0 bridgehead atoms. The molecule has 0 atom stereocenters. The van der Waals surface area contributed by atoms with E-state index in [4.69, 9.17) is 0 Å². The second-order valence-corrected chi connectivity index (χ2v) is 15.7. The van der Waals surface area contributed by atoms with Crippen LogP contribution in [0.25, 0.3) is 109 Å². The maximum absolute atomic E-state index is 2.43. The predicted molar refractivity (Wildman–Crippen MR) is 230 cm³/mol. The molecule has 246 valence electrons. The summed E-state index contributed by atoms with van der Waals surface area (Å²) in [6.45, 7) is 0. The smallest absolute Gasteiger partial charge is 0.0433 e. The number of benzene rings is 9. The second kappa shape index (κ2) is 11.1. The third kappa shape index (κ3) is 4.29. The summed E-state index contributed by atoms with van der Waals surface area (Å²) in [5.41, 5.74) is 14.7. The standard InChI is InChI=1S/C52H32S/c1-2-10-46-45(9-1)51(39-15-11-31(12-16-39)41-27-23-37-19-17-33-5-3-7-35-25-29-43(41)49(37)47(33)35)52(53-46)40-21-13-32(14-22-40)42-28-24-38-20-18-34-6-4-8-36-26-30-44(42)50(38)48(34)36/h1-4,6-18,20-30H,5,19H2. The molecule has 0 radical (unpaired) electrons. The predicted octanol–water partition coefficient (Wildman–Crippen LogP) is 15.0. The van der Waals surface area contributed by atoms with Crippen molar-refractivity contribution in [3.05, 3.63) is 181 Å². The van der Waals surface area contributed by atoms with Gasteiger partial charge < -0.3 is 0 Å². The maximum atomic E-state index is 2.43. The summed E-state index contributed by atoms with van der Waals surface area (Å²) < 4.78 is 1.32. The van der Waals surface area contributed by atoms with E-state index >= 15 is 0 Å². The molecule has 12 rings (SSSR count). The largest absolute Gasteiger partial charge is 0.135 e. The van der Waals surface area contributed by atoms with E-state index in [1.165, 1.54) is 119 Å². The highest BCUT2D eigenvalue weighted by Gasteiger charge is 2.22. The van der Waals surface area contributed by atoms with Gasteiger partial charge in [0.2, 0.25) is 0 Å². The summed E-state index contributed by atoms with van der Waals surface area (Å²) in [5, 5.41) is 12.1. The topological polar surface area (TPSA) is 0 Å². The van der Waals surface area contributed by atoms with E-state index < -0.39 is 0 Å². The van der Waals surface area contributed by atoms with Gasteiger partial charge in [-0.2, -0.15) is 0 Å². The maximum Gasteiger partial charge on any atom is 0.0433 e. The quantitative estimate of drug-likeness (QED) is 0.162. The normalized spacial score (nSPS) is 13.5. The fourth-order valence-corrected chi connectivity index (χ4v) is 10.6. The van der Waals surface area contributed by atoms with E-state index in [2.05, 4.69) is 170 Å². The Balaban J connectivity index is 0.954. The Kier molecular flexibility index (Phi) is 6.14. The van der Waals surface area contributed by atoms with Crippen LogP contribution in [0.2, 0.25) is 0 Å². The lowest BCUT2D eigenvalue weighted by Crippen LogP contribution is -2.03. The zero-order valence-corrected chi connectivity index (χ0v) is 29.8. The molecule has 10 aromatic rings. The van der Waals surface area contributed by atoms with Crippen LogP contribution in [-0.2, 0) is 6.42 Å². The first-order chi connectivity index (χ1) is 26.3. The van der Waals surface area contributed by atoms with Gasteiger partial charge >= 0.3 is 0 Å². The van der Waals surface area contributed by atoms with Gasteiger partial charge in [-0.25, -0.2) is 0 Å². The van der Waals surface area contributed by atoms with E-state index in [0.717, 1.165) is 12.8 Å². The van der Waals surface area contributed by atoms with E-state index in [-0.39, 0.29) is 0 Å². The lowest BCUT2D eigenvalue weighted by Gasteiger charge is -2.24. The first kappa shape index (κ1) is 29.3. The Hall–Kier alpha value is -6.28. The second-order valence-electron chi connectivity index (χ2n) is 14.7. The van der Waals surface area contributed by atoms with Crippen LogP contribution in [0.4, 0.5) is 0 Å². The SMILES string of the molecule is C1=Cc2ccc3c(-c4ccc(-c5c(-c6ccc(-c7ccc8ccc9cccc%10ccc7c8c9%10)cc6)sc6ccccc56)cc4)ccc4c3c2C(=CC4)C1. The third-order valence-electron chi connectivity index (χ3n) is 11.9. The molecule has 0 fully saturated rings. The molecule has 0 aliphatic heterocycles. The Morgan fingerprint density at radius 1 is 0.415 bits per heavy atom. The summed E-state index contributed by atoms with van der Waals surface area (Å²) >= 11 is 1.89. The van der Waals surface area contributed by atoms with E-state index in [9.17, 15) is 0 Å². The van der Waals surface area contributed by atoms with E-state index in [1.54, 1.807) is 0 Å². The molecule has 0 unspecified atom stereocenters. The van der Waals surface area contributed by atoms with Crippen LogP contribution in [0.5, 0.6) is 0 Å². The Labute approximate surface area is 311 Å². The molecule has 0 amide bonds. The number of hydrogen-bond donors (Lipinski definition) is 0. The fourth-order valence-electron chi connectivity index (χ4n) is 9.41. The van der Waals surface area contributed by atoms with Crippen molar-refractivity contribution in [3.8, 4) is 43.8 Å². The zero-order valence-electron chi connectivity index (χ0n) is 29.0. The molecule has 1 heterocycles. The van der Waals surface area contributed by atoms with Crippen molar-refractivity contribution in [1.29, 1.82) is 0 Å². The third-order valence-corrected chi connectivity index (χ3v) is 13.1. The average Bonchev–Trinajstić information content (AvgIpc) is 3.62. The molecule has 0 nitrogen and oxygen atoms in total. The van der Waals surface area contributed by atoms with Gasteiger partial charge in [-0.1, -0.05) is 164 Å². The van der Waals surface area contributed by atoms with Gasteiger partial charge in [-0.3, -0.25) is 0 Å². The van der Waals surface area contributed by atoms with Gasteiger partial charge in [0.25, 0.3) is 0 Å². The van der Waals surface area contributed by atoms with Crippen LogP contribution in [0.3, 0.4) is 0 Å². The summed E-state index contributed by atoms with van der Waals surface area (Å²) in [5.74, 6) is 0. The van der Waals surface area contributed by atoms with Crippen molar-refractivity contribution in [1.82, 2.24) is 0 Å². The first-order valence-corrected chi connectivity index (χ1v) is 19.4. The molecule has 53 heavy (non-hydrogen) atoms. The molecule has 0 saturated heterocycles. The molecule has 2 aliphatic carbocycles. The van der Waals surface area contributed by atoms with Crippen LogP contribution >= 0.6 is 11.3 Å². The number of fused-ring (bicyclic) bond motifs is 1. The monoisotopic (exact) mass is 688 g/mol. The lowest BCUT2D eigenvalue weighted by molar-refractivity contribution is 1.23. The van der Waals surface area contributed by atoms with Gasteiger partial charge in [0.15, 0.2) is 0 Å². The Morgan fingerprint density at radius 2 is 1.06 bits per heavy atom. The van der Waals surface area contributed by atoms with Crippen LogP contribution in [-0.4, -0.2) is 0 Å². The van der Waals surface area contributed by atoms with E-state index in [1.807, 2.05) is 11.3 Å². The van der Waals surface area contributed by atoms with Crippen molar-refractivity contribution in [2.75, 3.05) is 0 Å². The zero-order chi connectivity index (χ0) is 34.6. The average molecular weight is 689 g/mol. The first-order valence-electron chi connectivity index (χ1n) is 18.6. The van der Waals surface area contributed by atoms with Crippen molar-refractivity contribution < 1.29 is 0 Å². The van der Waals surface area contributed by atoms with Gasteiger partial charge in [-0.15, -0.1) is 11.3 Å². The molecule has 2 aliphatic rings. The molecule has 0 saturated carbocycles. The number of allylic oxidation sites excluding steroid dienone is 3. The van der Waals surface area contributed by atoms with Crippen LogP contribution < -0.4 is 0 Å². The highest BCUT2D eigenvalue weighted by atomic mass is 32.1. The van der Waals surface area contributed by atoms with Gasteiger partial charge in [0.1, 0.15) is 0 Å².